The van der Waals surface area contributed by atoms with Gasteiger partial charge in [0.05, 0.1) is 5.60 Å². The van der Waals surface area contributed by atoms with Gasteiger partial charge in [-0.05, 0) is 36.6 Å². The fourth-order valence-corrected chi connectivity index (χ4v) is 3.71. The second kappa shape index (κ2) is 9.84. The highest BCUT2D eigenvalue weighted by Crippen LogP contribution is 2.36. The quantitative estimate of drug-likeness (QED) is 0.396. The molecule has 0 saturated carbocycles. The van der Waals surface area contributed by atoms with Crippen LogP contribution < -0.4 is 0 Å². The molecule has 0 heterocycles. The Kier molecular flexibility index (Phi) is 7.78. The summed E-state index contributed by atoms with van der Waals surface area (Å²) in [6.45, 7) is 7.41. The number of ether oxygens (including phenoxy) is 1. The summed E-state index contributed by atoms with van der Waals surface area (Å²) in [6.07, 6.45) is 10.5. The molecule has 0 bridgehead atoms. The lowest BCUT2D eigenvalue weighted by Gasteiger charge is -2.31. The van der Waals surface area contributed by atoms with Gasteiger partial charge < -0.3 is 4.74 Å². The summed E-state index contributed by atoms with van der Waals surface area (Å²) in [5.41, 5.74) is 1.16. The van der Waals surface area contributed by atoms with Crippen LogP contribution in [-0.2, 0) is 10.3 Å². The molecule has 0 amide bonds. The molecule has 0 aliphatic carbocycles. The average molecular weight is 327 g/mol. The zero-order valence-corrected chi connectivity index (χ0v) is 15.8. The minimum Gasteiger partial charge on any atom is -0.371 e. The van der Waals surface area contributed by atoms with Crippen molar-refractivity contribution in [1.82, 2.24) is 0 Å². The Morgan fingerprint density at radius 3 is 2.21 bits per heavy atom. The third-order valence-corrected chi connectivity index (χ3v) is 5.08. The first-order valence-corrected chi connectivity index (χ1v) is 9.83. The average Bonchev–Trinajstić information content (AvgIpc) is 2.61. The first kappa shape index (κ1) is 19.0. The minimum absolute atomic E-state index is 0.182. The predicted octanol–water partition coefficient (Wildman–Crippen LogP) is 7.23. The van der Waals surface area contributed by atoms with Crippen molar-refractivity contribution in [2.75, 3.05) is 6.61 Å². The molecule has 2 aromatic rings. The van der Waals surface area contributed by atoms with Crippen molar-refractivity contribution in [3.05, 3.63) is 48.0 Å². The minimum atomic E-state index is -0.182. The summed E-state index contributed by atoms with van der Waals surface area (Å²) in [7, 11) is 0. The largest absolute Gasteiger partial charge is 0.371 e. The monoisotopic (exact) mass is 326 g/mol. The first-order chi connectivity index (χ1) is 11.7. The number of hydrogen-bond acceptors (Lipinski definition) is 1. The van der Waals surface area contributed by atoms with E-state index in [0.29, 0.717) is 0 Å². The van der Waals surface area contributed by atoms with E-state index in [4.69, 9.17) is 4.74 Å². The Labute approximate surface area is 148 Å². The van der Waals surface area contributed by atoms with Crippen LogP contribution in [0.4, 0.5) is 0 Å². The smallest absolute Gasteiger partial charge is 0.0909 e. The molecule has 1 unspecified atom stereocenters. The van der Waals surface area contributed by atoms with Gasteiger partial charge in [-0.3, -0.25) is 0 Å². The maximum atomic E-state index is 6.27. The fourth-order valence-electron chi connectivity index (χ4n) is 3.71. The molecular formula is C23H34O. The van der Waals surface area contributed by atoms with E-state index in [-0.39, 0.29) is 5.60 Å². The molecule has 0 fully saturated rings. The zero-order chi connectivity index (χ0) is 17.3. The summed E-state index contributed by atoms with van der Waals surface area (Å²) >= 11 is 0. The highest BCUT2D eigenvalue weighted by atomic mass is 16.5. The van der Waals surface area contributed by atoms with E-state index in [0.717, 1.165) is 13.0 Å². The van der Waals surface area contributed by atoms with Crippen molar-refractivity contribution < 1.29 is 4.74 Å². The molecule has 0 aliphatic heterocycles. The van der Waals surface area contributed by atoms with Crippen molar-refractivity contribution in [2.24, 2.45) is 0 Å². The molecule has 24 heavy (non-hydrogen) atoms. The second-order valence-electron chi connectivity index (χ2n) is 7.06. The number of hydrogen-bond donors (Lipinski definition) is 0. The molecule has 0 aliphatic rings. The lowest BCUT2D eigenvalue weighted by molar-refractivity contribution is -0.0365. The lowest BCUT2D eigenvalue weighted by atomic mass is 9.86. The van der Waals surface area contributed by atoms with Crippen molar-refractivity contribution in [3.63, 3.8) is 0 Å². The van der Waals surface area contributed by atoms with Gasteiger partial charge in [-0.2, -0.15) is 0 Å². The van der Waals surface area contributed by atoms with Gasteiger partial charge in [-0.1, -0.05) is 94.3 Å². The Balaban J connectivity index is 2.03. The summed E-state index contributed by atoms with van der Waals surface area (Å²) in [6, 6.07) is 15.3. The summed E-state index contributed by atoms with van der Waals surface area (Å²) < 4.78 is 6.27. The van der Waals surface area contributed by atoms with E-state index in [2.05, 4.69) is 63.2 Å². The molecule has 1 nitrogen and oxygen atoms in total. The van der Waals surface area contributed by atoms with E-state index in [1.165, 1.54) is 61.3 Å². The van der Waals surface area contributed by atoms with E-state index < -0.39 is 0 Å². The fraction of sp³-hybridized carbons (Fsp3) is 0.565. The number of benzene rings is 2. The van der Waals surface area contributed by atoms with Crippen LogP contribution in [0.25, 0.3) is 10.8 Å². The molecule has 0 spiro atoms. The molecular weight excluding hydrogens is 292 g/mol. The van der Waals surface area contributed by atoms with Crippen LogP contribution in [0.2, 0.25) is 0 Å². The van der Waals surface area contributed by atoms with Crippen LogP contribution in [0.15, 0.2) is 42.5 Å². The van der Waals surface area contributed by atoms with Gasteiger partial charge in [-0.15, -0.1) is 0 Å². The third-order valence-electron chi connectivity index (χ3n) is 5.08. The van der Waals surface area contributed by atoms with Crippen LogP contribution in [0.5, 0.6) is 0 Å². The topological polar surface area (TPSA) is 9.23 Å². The highest BCUT2D eigenvalue weighted by molar-refractivity contribution is 5.86. The molecule has 1 atom stereocenters. The predicted molar refractivity (Wildman–Crippen MR) is 106 cm³/mol. The molecule has 1 heteroatoms. The van der Waals surface area contributed by atoms with Gasteiger partial charge in [0.1, 0.15) is 0 Å². The normalized spacial score (nSPS) is 14.0. The molecule has 0 N–H and O–H groups in total. The van der Waals surface area contributed by atoms with E-state index >= 15 is 0 Å². The van der Waals surface area contributed by atoms with Crippen LogP contribution in [0.1, 0.15) is 77.7 Å². The van der Waals surface area contributed by atoms with Crippen molar-refractivity contribution in [2.45, 2.75) is 77.7 Å². The van der Waals surface area contributed by atoms with Gasteiger partial charge in [0.15, 0.2) is 0 Å². The number of unbranched alkanes of at least 4 members (excludes halogenated alkanes) is 6. The Bertz CT molecular complexity index is 599. The van der Waals surface area contributed by atoms with Crippen LogP contribution >= 0.6 is 0 Å². The Morgan fingerprint density at radius 1 is 0.792 bits per heavy atom. The Morgan fingerprint density at radius 2 is 1.46 bits per heavy atom. The van der Waals surface area contributed by atoms with Gasteiger partial charge in [0, 0.05) is 6.61 Å². The first-order valence-electron chi connectivity index (χ1n) is 9.83. The molecule has 2 rings (SSSR count). The Hall–Kier alpha value is -1.34. The van der Waals surface area contributed by atoms with E-state index in [1.807, 2.05) is 0 Å². The van der Waals surface area contributed by atoms with Gasteiger partial charge in [0.2, 0.25) is 0 Å². The van der Waals surface area contributed by atoms with Crippen LogP contribution in [0.3, 0.4) is 0 Å². The molecule has 0 aromatic heterocycles. The molecule has 0 radical (unpaired) electrons. The van der Waals surface area contributed by atoms with Gasteiger partial charge in [-0.25, -0.2) is 0 Å². The molecule has 2 aromatic carbocycles. The zero-order valence-electron chi connectivity index (χ0n) is 15.8. The van der Waals surface area contributed by atoms with Crippen molar-refractivity contribution in [3.8, 4) is 0 Å². The highest BCUT2D eigenvalue weighted by Gasteiger charge is 2.28. The molecule has 132 valence electrons. The third kappa shape index (κ3) is 5.08. The summed E-state index contributed by atoms with van der Waals surface area (Å²) in [5, 5.41) is 2.64. The van der Waals surface area contributed by atoms with Crippen molar-refractivity contribution >= 4 is 10.8 Å². The van der Waals surface area contributed by atoms with Gasteiger partial charge in [0.25, 0.3) is 0 Å². The second-order valence-corrected chi connectivity index (χ2v) is 7.06. The van der Waals surface area contributed by atoms with E-state index in [9.17, 15) is 0 Å². The maximum Gasteiger partial charge on any atom is 0.0909 e. The van der Waals surface area contributed by atoms with Crippen LogP contribution in [0, 0.1) is 0 Å². The lowest BCUT2D eigenvalue weighted by Crippen LogP contribution is -2.26. The summed E-state index contributed by atoms with van der Waals surface area (Å²) in [4.78, 5) is 0. The van der Waals surface area contributed by atoms with Crippen LogP contribution in [-0.4, -0.2) is 6.61 Å². The standard InChI is InChI=1S/C23H34O/c1-4-6-7-8-9-10-13-19-23(3,24-5-2)22-18-14-16-20-15-11-12-17-21(20)22/h11-12,14-18H,4-10,13,19H2,1-3H3. The van der Waals surface area contributed by atoms with Crippen molar-refractivity contribution in [1.29, 1.82) is 0 Å². The molecule has 0 saturated heterocycles. The SMILES string of the molecule is CCCCCCCCCC(C)(OCC)c1cccc2ccccc12. The van der Waals surface area contributed by atoms with E-state index in [1.54, 1.807) is 0 Å². The number of rotatable bonds is 11. The van der Waals surface area contributed by atoms with Gasteiger partial charge >= 0.3 is 0 Å². The maximum absolute atomic E-state index is 6.27. The number of fused-ring (bicyclic) bond motifs is 1. The summed E-state index contributed by atoms with van der Waals surface area (Å²) in [5.74, 6) is 0.